The average molecular weight is 217 g/mol. The van der Waals surface area contributed by atoms with Crippen molar-refractivity contribution in [1.29, 1.82) is 0 Å². The molecule has 0 aromatic carbocycles. The van der Waals surface area contributed by atoms with Gasteiger partial charge in [-0.2, -0.15) is 0 Å². The number of alkyl halides is 2. The Morgan fingerprint density at radius 3 is 2.80 bits per heavy atom. The van der Waals surface area contributed by atoms with E-state index in [1.807, 2.05) is 13.8 Å². The summed E-state index contributed by atoms with van der Waals surface area (Å²) >= 11 is 0. The van der Waals surface area contributed by atoms with Crippen LogP contribution in [-0.2, 0) is 6.54 Å². The Morgan fingerprint density at radius 1 is 1.60 bits per heavy atom. The molecule has 0 fully saturated rings. The van der Waals surface area contributed by atoms with E-state index in [0.717, 1.165) is 12.1 Å². The van der Waals surface area contributed by atoms with Crippen molar-refractivity contribution in [3.8, 4) is 0 Å². The summed E-state index contributed by atoms with van der Waals surface area (Å²) < 4.78 is 27.7. The molecule has 3 nitrogen and oxygen atoms in total. The lowest BCUT2D eigenvalue weighted by molar-refractivity contribution is -0.00747. The van der Waals surface area contributed by atoms with Crippen molar-refractivity contribution in [2.24, 2.45) is 5.73 Å². The molecular weight excluding hydrogens is 200 g/mol. The quantitative estimate of drug-likeness (QED) is 0.819. The molecule has 0 amide bonds. The number of nitrogens with two attached hydrogens (primary N) is 1. The van der Waals surface area contributed by atoms with E-state index < -0.39 is 12.5 Å². The fourth-order valence-electron chi connectivity index (χ4n) is 1.40. The fourth-order valence-corrected chi connectivity index (χ4v) is 1.40. The van der Waals surface area contributed by atoms with Crippen molar-refractivity contribution >= 4 is 0 Å². The third-order valence-corrected chi connectivity index (χ3v) is 2.56. The normalized spacial score (nSPS) is 14.2. The van der Waals surface area contributed by atoms with Gasteiger partial charge in [0, 0.05) is 11.9 Å². The van der Waals surface area contributed by atoms with Gasteiger partial charge in [0.15, 0.2) is 0 Å². The van der Waals surface area contributed by atoms with Crippen LogP contribution in [-0.4, -0.2) is 22.0 Å². The van der Waals surface area contributed by atoms with Gasteiger partial charge in [-0.1, -0.05) is 13.8 Å². The molecule has 0 saturated carbocycles. The van der Waals surface area contributed by atoms with Gasteiger partial charge in [-0.05, 0) is 12.3 Å². The van der Waals surface area contributed by atoms with Gasteiger partial charge in [0.05, 0.1) is 19.4 Å². The maximum absolute atomic E-state index is 13.1. The van der Waals surface area contributed by atoms with E-state index in [1.54, 1.807) is 6.20 Å². The second-order valence-corrected chi connectivity index (χ2v) is 3.82. The number of nitrogens with zero attached hydrogens (tertiary/aromatic N) is 2. The summed E-state index contributed by atoms with van der Waals surface area (Å²) in [6, 6.07) is 0. The summed E-state index contributed by atoms with van der Waals surface area (Å²) in [6.45, 7) is 2.99. The number of hydrogen-bond donors (Lipinski definition) is 1. The van der Waals surface area contributed by atoms with Crippen molar-refractivity contribution in [3.05, 3.63) is 18.2 Å². The van der Waals surface area contributed by atoms with Crippen LogP contribution in [0.4, 0.5) is 8.78 Å². The lowest BCUT2D eigenvalue weighted by Crippen LogP contribution is -2.33. The van der Waals surface area contributed by atoms with E-state index in [1.165, 1.54) is 10.9 Å². The molecule has 15 heavy (non-hydrogen) atoms. The first-order chi connectivity index (χ1) is 7.00. The predicted octanol–water partition coefficient (Wildman–Crippen LogP) is 1.99. The molecule has 1 unspecified atom stereocenters. The minimum absolute atomic E-state index is 0.237. The molecule has 2 N–H and O–H groups in total. The van der Waals surface area contributed by atoms with Gasteiger partial charge in [-0.15, -0.1) is 0 Å². The minimum atomic E-state index is -2.86. The van der Waals surface area contributed by atoms with Gasteiger partial charge >= 0.3 is 0 Å². The molecule has 5 heteroatoms. The van der Waals surface area contributed by atoms with Crippen LogP contribution in [0.25, 0.3) is 0 Å². The van der Waals surface area contributed by atoms with Crippen LogP contribution in [0.15, 0.2) is 12.5 Å². The topological polar surface area (TPSA) is 43.8 Å². The van der Waals surface area contributed by atoms with Crippen LogP contribution in [0.3, 0.4) is 0 Å². The highest BCUT2D eigenvalue weighted by atomic mass is 19.3. The first-order valence-electron chi connectivity index (χ1n) is 5.08. The molecule has 1 aromatic rings. The van der Waals surface area contributed by atoms with Gasteiger partial charge < -0.3 is 10.3 Å². The Labute approximate surface area is 88.3 Å². The smallest absolute Gasteiger partial charge is 0.277 e. The largest absolute Gasteiger partial charge is 0.328 e. The van der Waals surface area contributed by atoms with Crippen molar-refractivity contribution < 1.29 is 8.78 Å². The lowest BCUT2D eigenvalue weighted by Gasteiger charge is -2.18. The van der Waals surface area contributed by atoms with E-state index >= 15 is 0 Å². The summed E-state index contributed by atoms with van der Waals surface area (Å²) in [4.78, 5) is 3.90. The minimum Gasteiger partial charge on any atom is -0.328 e. The van der Waals surface area contributed by atoms with Crippen LogP contribution < -0.4 is 5.73 Å². The molecule has 0 aliphatic rings. The van der Waals surface area contributed by atoms with Gasteiger partial charge in [-0.3, -0.25) is 0 Å². The van der Waals surface area contributed by atoms with E-state index in [0.29, 0.717) is 0 Å². The highest BCUT2D eigenvalue weighted by Gasteiger charge is 2.28. The van der Waals surface area contributed by atoms with E-state index in [-0.39, 0.29) is 12.5 Å². The third-order valence-electron chi connectivity index (χ3n) is 2.56. The molecule has 0 aliphatic heterocycles. The molecule has 1 heterocycles. The zero-order valence-electron chi connectivity index (χ0n) is 9.08. The Morgan fingerprint density at radius 2 is 2.27 bits per heavy atom. The fraction of sp³-hybridized carbons (Fsp3) is 0.700. The molecule has 1 aromatic heterocycles. The number of halogens is 2. The molecule has 1 atom stereocenters. The molecule has 0 aliphatic carbocycles. The Hall–Kier alpha value is -0.970. The molecule has 0 spiro atoms. The third kappa shape index (κ3) is 2.99. The van der Waals surface area contributed by atoms with E-state index in [9.17, 15) is 8.78 Å². The highest BCUT2D eigenvalue weighted by Crippen LogP contribution is 2.21. The van der Waals surface area contributed by atoms with E-state index in [2.05, 4.69) is 4.98 Å². The van der Waals surface area contributed by atoms with Crippen molar-refractivity contribution in [2.45, 2.75) is 38.7 Å². The highest BCUT2D eigenvalue weighted by molar-refractivity contribution is 5.05. The number of hydrogen-bond acceptors (Lipinski definition) is 2. The number of aromatic nitrogens is 2. The van der Waals surface area contributed by atoms with Crippen LogP contribution >= 0.6 is 0 Å². The predicted molar refractivity (Wildman–Crippen MR) is 54.9 cm³/mol. The first kappa shape index (κ1) is 12.1. The molecular formula is C10H17F2N3. The molecule has 0 radical (unpaired) electrons. The van der Waals surface area contributed by atoms with Gasteiger partial charge in [-0.25, -0.2) is 13.8 Å². The lowest BCUT2D eigenvalue weighted by atomic mass is 10.1. The van der Waals surface area contributed by atoms with Gasteiger partial charge in [0.1, 0.15) is 0 Å². The van der Waals surface area contributed by atoms with Crippen molar-refractivity contribution in [3.63, 3.8) is 0 Å². The second-order valence-electron chi connectivity index (χ2n) is 3.82. The maximum atomic E-state index is 13.1. The van der Waals surface area contributed by atoms with Crippen LogP contribution in [0.5, 0.6) is 0 Å². The summed E-state index contributed by atoms with van der Waals surface area (Å²) in [5.74, 6) is -2.62. The molecule has 86 valence electrons. The van der Waals surface area contributed by atoms with Crippen LogP contribution in [0, 0.1) is 0 Å². The average Bonchev–Trinajstić information content (AvgIpc) is 2.64. The monoisotopic (exact) mass is 217 g/mol. The first-order valence-corrected chi connectivity index (χ1v) is 5.08. The summed E-state index contributed by atoms with van der Waals surface area (Å²) in [7, 11) is 0. The Bertz CT molecular complexity index is 309. The summed E-state index contributed by atoms with van der Waals surface area (Å²) in [5, 5.41) is 0. The van der Waals surface area contributed by atoms with Crippen LogP contribution in [0.2, 0.25) is 0 Å². The summed E-state index contributed by atoms with van der Waals surface area (Å²) in [5.41, 5.74) is 5.84. The molecule has 1 rings (SSSR count). The van der Waals surface area contributed by atoms with Gasteiger partial charge in [0.2, 0.25) is 0 Å². The standard InChI is InChI=1S/C10H17F2N3/c1-3-8(2)9-4-14-7-15(9)6-10(11,12)5-13/h4,7-8H,3,5-6,13H2,1-2H3. The molecule has 0 saturated heterocycles. The number of imidazole rings is 1. The van der Waals surface area contributed by atoms with Gasteiger partial charge in [0.25, 0.3) is 5.92 Å². The maximum Gasteiger partial charge on any atom is 0.277 e. The van der Waals surface area contributed by atoms with Crippen LogP contribution in [0.1, 0.15) is 31.9 Å². The number of rotatable bonds is 5. The second kappa shape index (κ2) is 4.70. The van der Waals surface area contributed by atoms with E-state index in [4.69, 9.17) is 5.73 Å². The van der Waals surface area contributed by atoms with Crippen molar-refractivity contribution in [2.75, 3.05) is 6.54 Å². The SMILES string of the molecule is CCC(C)c1cncn1CC(F)(F)CN. The Kier molecular flexibility index (Phi) is 3.79. The molecule has 0 bridgehead atoms. The van der Waals surface area contributed by atoms with Crippen molar-refractivity contribution in [1.82, 2.24) is 9.55 Å². The Balaban J connectivity index is 2.82. The zero-order chi connectivity index (χ0) is 11.5. The zero-order valence-corrected chi connectivity index (χ0v) is 9.08. The summed E-state index contributed by atoms with van der Waals surface area (Å²) in [6.07, 6.45) is 3.98.